The van der Waals surface area contributed by atoms with Crippen molar-refractivity contribution in [1.82, 2.24) is 30.0 Å². The first-order valence-electron chi connectivity index (χ1n) is 10.8. The van der Waals surface area contributed by atoms with Gasteiger partial charge in [0.15, 0.2) is 5.65 Å². The number of rotatable bonds is 6. The molecule has 3 heterocycles. The maximum Gasteiger partial charge on any atom is 0.223 e. The van der Waals surface area contributed by atoms with Crippen molar-refractivity contribution >= 4 is 43.8 Å². The fourth-order valence-electron chi connectivity index (χ4n) is 4.46. The largest absolute Gasteiger partial charge is 0.395 e. The van der Waals surface area contributed by atoms with E-state index in [9.17, 15) is 4.79 Å². The average molecular weight is 495 g/mol. The van der Waals surface area contributed by atoms with Gasteiger partial charge in [0, 0.05) is 36.7 Å². The molecule has 0 unspecified atom stereocenters. The predicted octanol–water partition coefficient (Wildman–Crippen LogP) is 3.19. The summed E-state index contributed by atoms with van der Waals surface area (Å²) in [5, 5.41) is 18.2. The fraction of sp³-hybridized carbons (Fsp3) is 0.348. The quantitative estimate of drug-likeness (QED) is 0.426. The van der Waals surface area contributed by atoms with E-state index in [-0.39, 0.29) is 18.4 Å². The fourth-order valence-corrected chi connectivity index (χ4v) is 4.90. The molecular formula is C23H23BrN6O2. The summed E-state index contributed by atoms with van der Waals surface area (Å²) in [6.07, 6.45) is 6.97. The average Bonchev–Trinajstić information content (AvgIpc) is 3.41. The maximum atomic E-state index is 12.2. The highest BCUT2D eigenvalue weighted by Crippen LogP contribution is 2.33. The molecule has 1 aromatic carbocycles. The lowest BCUT2D eigenvalue weighted by Gasteiger charge is -2.11. The number of benzene rings is 1. The van der Waals surface area contributed by atoms with E-state index in [1.54, 1.807) is 6.20 Å². The summed E-state index contributed by atoms with van der Waals surface area (Å²) in [7, 11) is 0. The molecule has 164 valence electrons. The van der Waals surface area contributed by atoms with Crippen LogP contribution in [0.1, 0.15) is 25.1 Å². The number of fused-ring (bicyclic) bond motifs is 2. The Kier molecular flexibility index (Phi) is 5.84. The zero-order valence-corrected chi connectivity index (χ0v) is 19.0. The van der Waals surface area contributed by atoms with Crippen molar-refractivity contribution in [2.45, 2.75) is 25.7 Å². The molecule has 1 saturated carbocycles. The van der Waals surface area contributed by atoms with Gasteiger partial charge >= 0.3 is 0 Å². The number of hydrogen-bond acceptors (Lipinski definition) is 6. The molecule has 3 aromatic heterocycles. The van der Waals surface area contributed by atoms with Crippen LogP contribution in [0.5, 0.6) is 0 Å². The van der Waals surface area contributed by atoms with E-state index in [4.69, 9.17) is 10.1 Å². The van der Waals surface area contributed by atoms with Gasteiger partial charge in [-0.15, -0.1) is 0 Å². The molecule has 1 fully saturated rings. The number of carbonyl (C=O) groups excluding carboxylic acids is 1. The van der Waals surface area contributed by atoms with Gasteiger partial charge < -0.3 is 10.4 Å². The molecule has 0 spiro atoms. The predicted molar refractivity (Wildman–Crippen MR) is 124 cm³/mol. The Bertz CT molecular complexity index is 1290. The summed E-state index contributed by atoms with van der Waals surface area (Å²) in [5.41, 5.74) is 2.59. The lowest BCUT2D eigenvalue weighted by atomic mass is 10.0. The van der Waals surface area contributed by atoms with E-state index in [1.807, 2.05) is 35.1 Å². The Balaban J connectivity index is 1.40. The second kappa shape index (κ2) is 8.91. The molecule has 1 aliphatic carbocycles. The van der Waals surface area contributed by atoms with Gasteiger partial charge in [0.25, 0.3) is 0 Å². The van der Waals surface area contributed by atoms with Gasteiger partial charge in [0.2, 0.25) is 5.91 Å². The number of amides is 1. The van der Waals surface area contributed by atoms with Gasteiger partial charge in [-0.2, -0.15) is 5.10 Å². The zero-order chi connectivity index (χ0) is 22.1. The monoisotopic (exact) mass is 494 g/mol. The lowest BCUT2D eigenvalue weighted by Crippen LogP contribution is -2.31. The van der Waals surface area contributed by atoms with E-state index in [1.165, 1.54) is 0 Å². The van der Waals surface area contributed by atoms with Gasteiger partial charge in [0.1, 0.15) is 10.4 Å². The van der Waals surface area contributed by atoms with Crippen LogP contribution < -0.4 is 5.32 Å². The van der Waals surface area contributed by atoms with Crippen LogP contribution in [0.3, 0.4) is 0 Å². The zero-order valence-electron chi connectivity index (χ0n) is 17.4. The maximum absolute atomic E-state index is 12.2. The molecule has 0 saturated heterocycles. The van der Waals surface area contributed by atoms with Crippen molar-refractivity contribution in [2.75, 3.05) is 13.2 Å². The third kappa shape index (κ3) is 4.10. The third-order valence-corrected chi connectivity index (χ3v) is 6.64. The minimum atomic E-state index is -0.0350. The molecule has 2 N–H and O–H groups in total. The highest BCUT2D eigenvalue weighted by atomic mass is 79.9. The van der Waals surface area contributed by atoms with Crippen LogP contribution in [-0.4, -0.2) is 48.9 Å². The Morgan fingerprint density at radius 3 is 3.03 bits per heavy atom. The number of hydrogen-bond donors (Lipinski definition) is 2. The molecule has 0 bridgehead atoms. The summed E-state index contributed by atoms with van der Waals surface area (Å²) in [6.45, 7) is 0.274. The summed E-state index contributed by atoms with van der Waals surface area (Å²) in [5.74, 6) is 1.16. The molecule has 1 aliphatic rings. The van der Waals surface area contributed by atoms with Crippen LogP contribution in [0.2, 0.25) is 0 Å². The summed E-state index contributed by atoms with van der Waals surface area (Å²) < 4.78 is 2.53. The Hall–Kier alpha value is -2.91. The third-order valence-electron chi connectivity index (χ3n) is 6.05. The molecule has 0 aliphatic heterocycles. The van der Waals surface area contributed by atoms with Gasteiger partial charge in [-0.3, -0.25) is 9.78 Å². The Morgan fingerprint density at radius 1 is 1.25 bits per heavy atom. The van der Waals surface area contributed by atoms with Crippen molar-refractivity contribution < 1.29 is 9.90 Å². The van der Waals surface area contributed by atoms with Crippen LogP contribution in [0.25, 0.3) is 27.6 Å². The van der Waals surface area contributed by atoms with Crippen LogP contribution in [-0.2, 0) is 11.2 Å². The minimum Gasteiger partial charge on any atom is -0.395 e. The molecule has 9 heteroatoms. The number of halogens is 1. The first kappa shape index (κ1) is 21.0. The number of nitrogens with one attached hydrogen (secondary N) is 1. The number of nitrogens with zero attached hydrogens (tertiary/aromatic N) is 5. The van der Waals surface area contributed by atoms with Crippen molar-refractivity contribution in [3.63, 3.8) is 0 Å². The van der Waals surface area contributed by atoms with Gasteiger partial charge in [-0.1, -0.05) is 6.07 Å². The van der Waals surface area contributed by atoms with Gasteiger partial charge in [-0.05, 0) is 65.4 Å². The first-order chi connectivity index (χ1) is 15.6. The highest BCUT2D eigenvalue weighted by Gasteiger charge is 2.30. The summed E-state index contributed by atoms with van der Waals surface area (Å²) >= 11 is 3.54. The van der Waals surface area contributed by atoms with Crippen molar-refractivity contribution in [1.29, 1.82) is 0 Å². The number of aliphatic hydroxyl groups excluding tert-OH is 1. The van der Waals surface area contributed by atoms with Crippen molar-refractivity contribution in [3.8, 4) is 5.69 Å². The minimum absolute atomic E-state index is 0.00108. The van der Waals surface area contributed by atoms with E-state index in [0.29, 0.717) is 17.1 Å². The van der Waals surface area contributed by atoms with Gasteiger partial charge in [0.05, 0.1) is 23.2 Å². The molecule has 1 amide bonds. The topological polar surface area (TPSA) is 106 Å². The summed E-state index contributed by atoms with van der Waals surface area (Å²) in [4.78, 5) is 26.0. The Morgan fingerprint density at radius 2 is 2.16 bits per heavy atom. The molecule has 2 atom stereocenters. The second-order valence-corrected chi connectivity index (χ2v) is 8.95. The number of carbonyl (C=O) groups is 1. The van der Waals surface area contributed by atoms with Crippen molar-refractivity contribution in [3.05, 3.63) is 53.2 Å². The standard InChI is InChI=1S/C23H23BrN6O2/c24-21-18-13-27-20(11-14-3-4-16(10-14)23(32)26-8-9-31)28-22(18)30(29-21)17-5-6-19-15(12-17)2-1-7-25-19/h1-2,5-7,12-14,16,31H,3-4,8-11H2,(H,26,32)/t14-,16-/m1/s1. The normalized spacial score (nSPS) is 18.4. The lowest BCUT2D eigenvalue weighted by molar-refractivity contribution is -0.125. The molecule has 0 radical (unpaired) electrons. The van der Waals surface area contributed by atoms with Crippen LogP contribution in [0.4, 0.5) is 0 Å². The van der Waals surface area contributed by atoms with Crippen LogP contribution >= 0.6 is 15.9 Å². The van der Waals surface area contributed by atoms with Gasteiger partial charge in [-0.25, -0.2) is 14.6 Å². The molecular weight excluding hydrogens is 472 g/mol. The van der Waals surface area contributed by atoms with E-state index >= 15 is 0 Å². The van der Waals surface area contributed by atoms with Crippen LogP contribution in [0.15, 0.2) is 47.3 Å². The molecule has 32 heavy (non-hydrogen) atoms. The molecule has 8 nitrogen and oxygen atoms in total. The summed E-state index contributed by atoms with van der Waals surface area (Å²) in [6, 6.07) is 9.97. The van der Waals surface area contributed by atoms with Crippen LogP contribution in [0, 0.1) is 11.8 Å². The second-order valence-electron chi connectivity index (χ2n) is 8.20. The van der Waals surface area contributed by atoms with E-state index in [2.05, 4.69) is 42.4 Å². The van der Waals surface area contributed by atoms with Crippen molar-refractivity contribution in [2.24, 2.45) is 11.8 Å². The number of aromatic nitrogens is 5. The van der Waals surface area contributed by atoms with E-state index in [0.717, 1.165) is 59.1 Å². The first-order valence-corrected chi connectivity index (χ1v) is 11.6. The number of aliphatic hydroxyl groups is 1. The smallest absolute Gasteiger partial charge is 0.223 e. The Labute approximate surface area is 193 Å². The highest BCUT2D eigenvalue weighted by molar-refractivity contribution is 9.10. The molecule has 5 rings (SSSR count). The number of pyridine rings is 1. The van der Waals surface area contributed by atoms with E-state index < -0.39 is 0 Å². The molecule has 4 aromatic rings. The SMILES string of the molecule is O=C(NCCO)[C@@H]1CC[C@@H](Cc2ncc3c(Br)nn(-c4ccc5ncccc5c4)c3n2)C1.